The summed E-state index contributed by atoms with van der Waals surface area (Å²) in [4.78, 5) is 4.64. The first-order valence-corrected chi connectivity index (χ1v) is 10.5. The van der Waals surface area contributed by atoms with Gasteiger partial charge in [0.05, 0.1) is 0 Å². The van der Waals surface area contributed by atoms with Crippen LogP contribution in [0.15, 0.2) is 53.1 Å². The van der Waals surface area contributed by atoms with Crippen LogP contribution in [0.2, 0.25) is 0 Å². The Morgan fingerprint density at radius 1 is 0.931 bits per heavy atom. The van der Waals surface area contributed by atoms with Gasteiger partial charge in [0.25, 0.3) is 0 Å². The summed E-state index contributed by atoms with van der Waals surface area (Å²) in [5.41, 5.74) is 4.60. The molecule has 4 nitrogen and oxygen atoms in total. The molecule has 4 heteroatoms. The maximum Gasteiger partial charge on any atom is 0.197 e. The Morgan fingerprint density at radius 2 is 1.66 bits per heavy atom. The fourth-order valence-electron chi connectivity index (χ4n) is 3.87. The van der Waals surface area contributed by atoms with Crippen molar-refractivity contribution in [1.29, 1.82) is 0 Å². The summed E-state index contributed by atoms with van der Waals surface area (Å²) in [6.07, 6.45) is 7.96. The molecule has 1 aliphatic rings. The highest BCUT2D eigenvalue weighted by Crippen LogP contribution is 2.32. The predicted octanol–water partition coefficient (Wildman–Crippen LogP) is 6.50. The highest BCUT2D eigenvalue weighted by molar-refractivity contribution is 5.35. The molecule has 2 aromatic carbocycles. The number of benzene rings is 2. The van der Waals surface area contributed by atoms with Crippen LogP contribution < -0.4 is 9.47 Å². The molecule has 0 bridgehead atoms. The van der Waals surface area contributed by atoms with Crippen LogP contribution in [0.4, 0.5) is 0 Å². The van der Waals surface area contributed by atoms with Crippen LogP contribution in [-0.2, 0) is 13.2 Å². The molecule has 1 saturated carbocycles. The van der Waals surface area contributed by atoms with Crippen molar-refractivity contribution < 1.29 is 13.9 Å². The second kappa shape index (κ2) is 9.17. The number of hydrogen-bond donors (Lipinski definition) is 0. The molecular weight excluding hydrogens is 362 g/mol. The second-order valence-electron chi connectivity index (χ2n) is 7.92. The van der Waals surface area contributed by atoms with Crippen LogP contribution in [0, 0.1) is 13.8 Å². The number of hydrogen-bond acceptors (Lipinski definition) is 4. The van der Waals surface area contributed by atoms with Gasteiger partial charge in [-0.25, -0.2) is 4.98 Å². The highest BCUT2D eigenvalue weighted by atomic mass is 16.5. The number of aryl methyl sites for hydroxylation is 1. The normalized spacial score (nSPS) is 14.7. The van der Waals surface area contributed by atoms with E-state index in [0.717, 1.165) is 23.1 Å². The van der Waals surface area contributed by atoms with E-state index < -0.39 is 0 Å². The van der Waals surface area contributed by atoms with Crippen molar-refractivity contribution in [2.24, 2.45) is 0 Å². The molecule has 3 aromatic rings. The van der Waals surface area contributed by atoms with Gasteiger partial charge in [0.1, 0.15) is 36.7 Å². The van der Waals surface area contributed by atoms with Gasteiger partial charge in [0.2, 0.25) is 0 Å². The van der Waals surface area contributed by atoms with Gasteiger partial charge < -0.3 is 13.9 Å². The molecular formula is C25H29NO3. The minimum absolute atomic E-state index is 0.399. The number of nitrogens with zero attached hydrogens (tertiary/aromatic N) is 1. The van der Waals surface area contributed by atoms with E-state index in [2.05, 4.69) is 37.0 Å². The van der Waals surface area contributed by atoms with Crippen molar-refractivity contribution in [2.75, 3.05) is 0 Å². The van der Waals surface area contributed by atoms with Gasteiger partial charge >= 0.3 is 0 Å². The molecule has 1 fully saturated rings. The zero-order chi connectivity index (χ0) is 20.1. The van der Waals surface area contributed by atoms with E-state index in [9.17, 15) is 0 Å². The van der Waals surface area contributed by atoms with Gasteiger partial charge in [-0.1, -0.05) is 43.5 Å². The van der Waals surface area contributed by atoms with Crippen LogP contribution in [0.5, 0.6) is 11.5 Å². The summed E-state index contributed by atoms with van der Waals surface area (Å²) < 4.78 is 17.6. The number of oxazole rings is 1. The maximum absolute atomic E-state index is 5.99. The van der Waals surface area contributed by atoms with E-state index in [-0.39, 0.29) is 0 Å². The van der Waals surface area contributed by atoms with Crippen LogP contribution in [-0.4, -0.2) is 4.98 Å². The average molecular weight is 392 g/mol. The molecule has 0 atom stereocenters. The zero-order valence-electron chi connectivity index (χ0n) is 17.3. The molecule has 1 heterocycles. The van der Waals surface area contributed by atoms with Crippen LogP contribution >= 0.6 is 0 Å². The Hall–Kier alpha value is -2.75. The van der Waals surface area contributed by atoms with Gasteiger partial charge in [-0.05, 0) is 55.5 Å². The predicted molar refractivity (Wildman–Crippen MR) is 113 cm³/mol. The second-order valence-corrected chi connectivity index (χ2v) is 7.92. The quantitative estimate of drug-likeness (QED) is 0.461. The van der Waals surface area contributed by atoms with Crippen LogP contribution in [0.3, 0.4) is 0 Å². The minimum atomic E-state index is 0.399. The van der Waals surface area contributed by atoms with E-state index in [0.29, 0.717) is 19.1 Å². The summed E-state index contributed by atoms with van der Waals surface area (Å²) >= 11 is 0. The fraction of sp³-hybridized carbons (Fsp3) is 0.400. The largest absolute Gasteiger partial charge is 0.489 e. The lowest BCUT2D eigenvalue weighted by Gasteiger charge is -2.17. The Morgan fingerprint density at radius 3 is 2.45 bits per heavy atom. The lowest BCUT2D eigenvalue weighted by Crippen LogP contribution is -2.05. The third-order valence-electron chi connectivity index (χ3n) is 5.83. The highest BCUT2D eigenvalue weighted by Gasteiger charge is 2.20. The molecule has 0 radical (unpaired) electrons. The third kappa shape index (κ3) is 5.00. The van der Waals surface area contributed by atoms with Crippen molar-refractivity contribution >= 4 is 0 Å². The number of aromatic nitrogens is 1. The SMILES string of the molecule is Cc1cccc(COc2cccc(OCc3coc(C4CCCCC4)n3)c2)c1C. The lowest BCUT2D eigenvalue weighted by atomic mass is 9.89. The molecule has 1 aliphatic carbocycles. The van der Waals surface area contributed by atoms with E-state index in [4.69, 9.17) is 13.9 Å². The number of rotatable bonds is 7. The van der Waals surface area contributed by atoms with Gasteiger partial charge in [0, 0.05) is 12.0 Å². The van der Waals surface area contributed by atoms with Crippen molar-refractivity contribution in [3.63, 3.8) is 0 Å². The van der Waals surface area contributed by atoms with Gasteiger partial charge in [-0.3, -0.25) is 0 Å². The van der Waals surface area contributed by atoms with Crippen LogP contribution in [0.25, 0.3) is 0 Å². The fourth-order valence-corrected chi connectivity index (χ4v) is 3.87. The molecule has 0 amide bonds. The van der Waals surface area contributed by atoms with E-state index in [1.165, 1.54) is 48.8 Å². The van der Waals surface area contributed by atoms with E-state index in [1.807, 2.05) is 24.3 Å². The standard InChI is InChI=1S/C25H29NO3/c1-18-8-6-11-21(19(18)2)15-27-23-12-7-13-24(14-23)28-16-22-17-29-25(26-22)20-9-4-3-5-10-20/h6-8,11-14,17,20H,3-5,9-10,15-16H2,1-2H3. The Balaban J connectivity index is 1.33. The molecule has 4 rings (SSSR count). The third-order valence-corrected chi connectivity index (χ3v) is 5.83. The van der Waals surface area contributed by atoms with Gasteiger partial charge in [-0.2, -0.15) is 0 Å². The summed E-state index contributed by atoms with van der Waals surface area (Å²) in [6, 6.07) is 14.1. The summed E-state index contributed by atoms with van der Waals surface area (Å²) in [6.45, 7) is 5.20. The number of ether oxygens (including phenoxy) is 2. The molecule has 29 heavy (non-hydrogen) atoms. The average Bonchev–Trinajstić information content (AvgIpc) is 3.23. The first-order valence-electron chi connectivity index (χ1n) is 10.5. The molecule has 152 valence electrons. The first kappa shape index (κ1) is 19.6. The van der Waals surface area contributed by atoms with E-state index >= 15 is 0 Å². The molecule has 0 saturated heterocycles. The molecule has 0 unspecified atom stereocenters. The Bertz CT molecular complexity index is 941. The molecule has 1 aromatic heterocycles. The molecule has 0 aliphatic heterocycles. The van der Waals surface area contributed by atoms with Gasteiger partial charge in [-0.15, -0.1) is 0 Å². The van der Waals surface area contributed by atoms with Crippen LogP contribution in [0.1, 0.15) is 66.3 Å². The Kier molecular flexibility index (Phi) is 6.18. The maximum atomic E-state index is 5.99. The summed E-state index contributed by atoms with van der Waals surface area (Å²) in [5, 5.41) is 0. The van der Waals surface area contributed by atoms with Crippen molar-refractivity contribution in [3.8, 4) is 11.5 Å². The lowest BCUT2D eigenvalue weighted by molar-refractivity contribution is 0.287. The first-order chi connectivity index (χ1) is 14.2. The molecule has 0 spiro atoms. The minimum Gasteiger partial charge on any atom is -0.489 e. The van der Waals surface area contributed by atoms with Crippen molar-refractivity contribution in [2.45, 2.75) is 65.1 Å². The molecule has 0 N–H and O–H groups in total. The van der Waals surface area contributed by atoms with Gasteiger partial charge in [0.15, 0.2) is 5.89 Å². The zero-order valence-corrected chi connectivity index (χ0v) is 17.3. The Labute approximate surface area is 172 Å². The summed E-state index contributed by atoms with van der Waals surface area (Å²) in [7, 11) is 0. The van der Waals surface area contributed by atoms with Crippen molar-refractivity contribution in [3.05, 3.63) is 77.0 Å². The van der Waals surface area contributed by atoms with Crippen molar-refractivity contribution in [1.82, 2.24) is 4.98 Å². The monoisotopic (exact) mass is 391 g/mol. The summed E-state index contributed by atoms with van der Waals surface area (Å²) in [5.74, 6) is 2.91. The smallest absolute Gasteiger partial charge is 0.197 e. The topological polar surface area (TPSA) is 44.5 Å². The van der Waals surface area contributed by atoms with E-state index in [1.54, 1.807) is 6.26 Å².